The van der Waals surface area contributed by atoms with Gasteiger partial charge in [-0.15, -0.1) is 0 Å². The van der Waals surface area contributed by atoms with Gasteiger partial charge >= 0.3 is 0 Å². The fraction of sp³-hybridized carbons (Fsp3) is 1.00. The van der Waals surface area contributed by atoms with Crippen molar-refractivity contribution >= 4 is 0 Å². The molecule has 2 heteroatoms. The van der Waals surface area contributed by atoms with Crippen LogP contribution in [0.2, 0.25) is 0 Å². The Morgan fingerprint density at radius 2 is 1.92 bits per heavy atom. The Morgan fingerprint density at radius 3 is 2.17 bits per heavy atom. The first-order chi connectivity index (χ1) is 5.52. The van der Waals surface area contributed by atoms with E-state index in [0.29, 0.717) is 5.54 Å². The molecule has 1 fully saturated rings. The lowest BCUT2D eigenvalue weighted by Crippen LogP contribution is -2.60. The molecule has 0 spiro atoms. The van der Waals surface area contributed by atoms with Crippen LogP contribution in [-0.4, -0.2) is 31.1 Å². The van der Waals surface area contributed by atoms with E-state index in [4.69, 9.17) is 5.73 Å². The van der Waals surface area contributed by atoms with Gasteiger partial charge in [-0.05, 0) is 38.8 Å². The molecular formula is C10H22N2. The maximum absolute atomic E-state index is 5.79. The summed E-state index contributed by atoms with van der Waals surface area (Å²) in [6, 6.07) is 0. The van der Waals surface area contributed by atoms with Crippen LogP contribution in [0.15, 0.2) is 0 Å². The first kappa shape index (κ1) is 10.0. The minimum atomic E-state index is 0.328. The van der Waals surface area contributed by atoms with Crippen molar-refractivity contribution in [3.8, 4) is 0 Å². The van der Waals surface area contributed by atoms with E-state index in [0.717, 1.165) is 18.4 Å². The summed E-state index contributed by atoms with van der Waals surface area (Å²) in [6.07, 6.45) is 2.57. The van der Waals surface area contributed by atoms with Gasteiger partial charge < -0.3 is 10.6 Å². The second-order valence-electron chi connectivity index (χ2n) is 4.74. The van der Waals surface area contributed by atoms with Crippen LogP contribution in [0.4, 0.5) is 0 Å². The summed E-state index contributed by atoms with van der Waals surface area (Å²) in [4.78, 5) is 2.30. The molecule has 0 heterocycles. The summed E-state index contributed by atoms with van der Waals surface area (Å²) in [7, 11) is 4.28. The lowest BCUT2D eigenvalue weighted by molar-refractivity contribution is -0.00443. The van der Waals surface area contributed by atoms with Crippen LogP contribution in [0.5, 0.6) is 0 Å². The predicted molar refractivity (Wildman–Crippen MR) is 53.0 cm³/mol. The van der Waals surface area contributed by atoms with E-state index in [-0.39, 0.29) is 0 Å². The molecule has 0 aliphatic heterocycles. The minimum Gasteiger partial charge on any atom is -0.329 e. The zero-order chi connectivity index (χ0) is 9.35. The molecule has 12 heavy (non-hydrogen) atoms. The fourth-order valence-corrected chi connectivity index (χ4v) is 2.10. The molecular weight excluding hydrogens is 148 g/mol. The number of likely N-dealkylation sites (N-methyl/N-ethyl adjacent to an activating group) is 1. The van der Waals surface area contributed by atoms with E-state index >= 15 is 0 Å². The van der Waals surface area contributed by atoms with Gasteiger partial charge in [-0.25, -0.2) is 0 Å². The summed E-state index contributed by atoms with van der Waals surface area (Å²) < 4.78 is 0. The van der Waals surface area contributed by atoms with E-state index in [2.05, 4.69) is 32.8 Å². The average Bonchev–Trinajstić information content (AvgIpc) is 1.84. The van der Waals surface area contributed by atoms with Crippen LogP contribution in [0.25, 0.3) is 0 Å². The van der Waals surface area contributed by atoms with Gasteiger partial charge in [-0.1, -0.05) is 13.8 Å². The maximum Gasteiger partial charge on any atom is 0.0331 e. The van der Waals surface area contributed by atoms with Crippen molar-refractivity contribution in [1.82, 2.24) is 4.90 Å². The summed E-state index contributed by atoms with van der Waals surface area (Å²) in [5.74, 6) is 1.72. The molecule has 0 saturated heterocycles. The Balaban J connectivity index is 2.46. The quantitative estimate of drug-likeness (QED) is 0.692. The Morgan fingerprint density at radius 1 is 1.42 bits per heavy atom. The van der Waals surface area contributed by atoms with Gasteiger partial charge in [0.2, 0.25) is 0 Å². The van der Waals surface area contributed by atoms with Crippen molar-refractivity contribution in [1.29, 1.82) is 0 Å². The largest absolute Gasteiger partial charge is 0.329 e. The molecule has 2 nitrogen and oxygen atoms in total. The average molecular weight is 170 g/mol. The number of rotatable bonds is 3. The van der Waals surface area contributed by atoms with Crippen molar-refractivity contribution in [2.75, 3.05) is 20.6 Å². The van der Waals surface area contributed by atoms with Crippen LogP contribution >= 0.6 is 0 Å². The first-order valence-corrected chi connectivity index (χ1v) is 4.89. The lowest BCUT2D eigenvalue weighted by atomic mass is 9.63. The Labute approximate surface area is 76.1 Å². The second kappa shape index (κ2) is 3.35. The smallest absolute Gasteiger partial charge is 0.0331 e. The summed E-state index contributed by atoms with van der Waals surface area (Å²) >= 11 is 0. The Hall–Kier alpha value is -0.0800. The summed E-state index contributed by atoms with van der Waals surface area (Å²) in [5.41, 5.74) is 6.12. The fourth-order valence-electron chi connectivity index (χ4n) is 2.10. The van der Waals surface area contributed by atoms with Crippen LogP contribution in [0.3, 0.4) is 0 Å². The normalized spacial score (nSPS) is 35.8. The van der Waals surface area contributed by atoms with Crippen LogP contribution in [0, 0.1) is 11.8 Å². The molecule has 0 radical (unpaired) electrons. The minimum absolute atomic E-state index is 0.328. The van der Waals surface area contributed by atoms with Gasteiger partial charge in [0.15, 0.2) is 0 Å². The van der Waals surface area contributed by atoms with Gasteiger partial charge in [0, 0.05) is 12.1 Å². The molecule has 72 valence electrons. The van der Waals surface area contributed by atoms with E-state index < -0.39 is 0 Å². The third-order valence-corrected chi connectivity index (χ3v) is 3.56. The molecule has 1 rings (SSSR count). The van der Waals surface area contributed by atoms with Crippen LogP contribution < -0.4 is 5.73 Å². The van der Waals surface area contributed by atoms with Gasteiger partial charge in [-0.3, -0.25) is 0 Å². The van der Waals surface area contributed by atoms with Crippen molar-refractivity contribution in [2.45, 2.75) is 32.2 Å². The van der Waals surface area contributed by atoms with E-state index in [1.165, 1.54) is 12.8 Å². The molecule has 1 saturated carbocycles. The molecule has 0 amide bonds. The van der Waals surface area contributed by atoms with Crippen molar-refractivity contribution in [3.05, 3.63) is 0 Å². The molecule has 0 unspecified atom stereocenters. The van der Waals surface area contributed by atoms with Gasteiger partial charge in [0.05, 0.1) is 0 Å². The molecule has 2 N–H and O–H groups in total. The molecule has 0 aromatic rings. The van der Waals surface area contributed by atoms with Crippen molar-refractivity contribution in [2.24, 2.45) is 17.6 Å². The van der Waals surface area contributed by atoms with E-state index in [1.807, 2.05) is 0 Å². The lowest BCUT2D eigenvalue weighted by Gasteiger charge is -2.53. The number of hydrogen-bond acceptors (Lipinski definition) is 2. The highest BCUT2D eigenvalue weighted by Crippen LogP contribution is 2.44. The number of nitrogens with zero attached hydrogens (tertiary/aromatic N) is 1. The third-order valence-electron chi connectivity index (χ3n) is 3.56. The molecule has 0 aromatic heterocycles. The predicted octanol–water partition coefficient (Wildman–Crippen LogP) is 1.31. The molecule has 1 aliphatic rings. The highest BCUT2D eigenvalue weighted by atomic mass is 15.2. The van der Waals surface area contributed by atoms with Crippen molar-refractivity contribution in [3.63, 3.8) is 0 Å². The molecule has 0 aromatic carbocycles. The maximum atomic E-state index is 5.79. The molecule has 0 atom stereocenters. The monoisotopic (exact) mass is 170 g/mol. The van der Waals surface area contributed by atoms with E-state index in [1.54, 1.807) is 0 Å². The Kier molecular flexibility index (Phi) is 2.79. The standard InChI is InChI=1S/C10H22N2/c1-8(2)9-5-10(6-9,7-11)12(3)4/h8-9H,5-7,11H2,1-4H3. The molecule has 0 bridgehead atoms. The van der Waals surface area contributed by atoms with Gasteiger partial charge in [-0.2, -0.15) is 0 Å². The summed E-state index contributed by atoms with van der Waals surface area (Å²) in [6.45, 7) is 5.42. The highest BCUT2D eigenvalue weighted by Gasteiger charge is 2.45. The van der Waals surface area contributed by atoms with Gasteiger partial charge in [0.1, 0.15) is 0 Å². The number of nitrogens with two attached hydrogens (primary N) is 1. The topological polar surface area (TPSA) is 29.3 Å². The van der Waals surface area contributed by atoms with Crippen LogP contribution in [0.1, 0.15) is 26.7 Å². The third kappa shape index (κ3) is 1.50. The van der Waals surface area contributed by atoms with Gasteiger partial charge in [0.25, 0.3) is 0 Å². The number of hydrogen-bond donors (Lipinski definition) is 1. The Bertz CT molecular complexity index is 146. The highest BCUT2D eigenvalue weighted by molar-refractivity contribution is 5.02. The molecule has 1 aliphatic carbocycles. The SMILES string of the molecule is CC(C)C1CC(CN)(N(C)C)C1. The van der Waals surface area contributed by atoms with E-state index in [9.17, 15) is 0 Å². The first-order valence-electron chi connectivity index (χ1n) is 4.89. The second-order valence-corrected chi connectivity index (χ2v) is 4.74. The zero-order valence-electron chi connectivity index (χ0n) is 8.80. The van der Waals surface area contributed by atoms with Crippen molar-refractivity contribution < 1.29 is 0 Å². The zero-order valence-corrected chi connectivity index (χ0v) is 8.80. The van der Waals surface area contributed by atoms with Crippen LogP contribution in [-0.2, 0) is 0 Å². The summed E-state index contributed by atoms with van der Waals surface area (Å²) in [5, 5.41) is 0.